The molecule has 0 bridgehead atoms. The van der Waals surface area contributed by atoms with Crippen molar-refractivity contribution >= 4 is 11.8 Å². The van der Waals surface area contributed by atoms with E-state index in [0.29, 0.717) is 31.4 Å². The van der Waals surface area contributed by atoms with Gasteiger partial charge in [0.15, 0.2) is 0 Å². The van der Waals surface area contributed by atoms with E-state index in [-0.39, 0.29) is 41.1 Å². The number of hydrogen-bond acceptors (Lipinski definition) is 5. The molecule has 3 rings (SSSR count). The van der Waals surface area contributed by atoms with E-state index >= 15 is 0 Å². The molecule has 0 spiro atoms. The zero-order valence-electron chi connectivity index (χ0n) is 16.5. The summed E-state index contributed by atoms with van der Waals surface area (Å²) in [6, 6.07) is 7.56. The molecule has 1 aliphatic heterocycles. The molecule has 5 heteroatoms. The Labute approximate surface area is 160 Å². The van der Waals surface area contributed by atoms with E-state index in [4.69, 9.17) is 14.2 Å². The van der Waals surface area contributed by atoms with Crippen molar-refractivity contribution in [3.8, 4) is 5.75 Å². The molecule has 5 nitrogen and oxygen atoms in total. The lowest BCUT2D eigenvalue weighted by Gasteiger charge is -2.37. The third-order valence-electron chi connectivity index (χ3n) is 4.86. The van der Waals surface area contributed by atoms with E-state index in [9.17, 15) is 9.59 Å². The van der Waals surface area contributed by atoms with Crippen LogP contribution in [0.15, 0.2) is 36.3 Å². The van der Waals surface area contributed by atoms with Crippen molar-refractivity contribution in [1.29, 1.82) is 0 Å². The number of ketones is 1. The Morgan fingerprint density at radius 3 is 2.74 bits per heavy atom. The molecule has 1 aromatic rings. The highest BCUT2D eigenvalue weighted by atomic mass is 16.5. The standard InChI is InChI=1S/C22H28O5/c1-14-6-5-7-15(10-14)26-19-13-25-18-11-16(8-9-17(18)21(19)24)27-20(23)12-22(2,3)4/h5-7,10,13,16-18H,8-9,11-12H2,1-4H3. The number of carbonyl (C=O) groups excluding carboxylic acids is 2. The predicted octanol–water partition coefficient (Wildman–Crippen LogP) is 4.33. The van der Waals surface area contributed by atoms with Gasteiger partial charge in [0.25, 0.3) is 0 Å². The SMILES string of the molecule is Cc1cccc(OC2=COC3CC(OC(=O)CC(C)(C)C)CCC3C2=O)c1. The number of fused-ring (bicyclic) bond motifs is 1. The molecule has 3 atom stereocenters. The van der Waals surface area contributed by atoms with Crippen molar-refractivity contribution in [3.63, 3.8) is 0 Å². The number of carbonyl (C=O) groups is 2. The minimum atomic E-state index is -0.261. The van der Waals surface area contributed by atoms with Crippen LogP contribution in [0.2, 0.25) is 0 Å². The highest BCUT2D eigenvalue weighted by Crippen LogP contribution is 2.35. The van der Waals surface area contributed by atoms with E-state index in [1.165, 1.54) is 6.26 Å². The number of rotatable bonds is 4. The van der Waals surface area contributed by atoms with Crippen LogP contribution in [0.4, 0.5) is 0 Å². The Kier molecular flexibility index (Phi) is 5.59. The summed E-state index contributed by atoms with van der Waals surface area (Å²) in [4.78, 5) is 24.9. The van der Waals surface area contributed by atoms with Crippen molar-refractivity contribution in [2.75, 3.05) is 0 Å². The maximum Gasteiger partial charge on any atom is 0.306 e. The van der Waals surface area contributed by atoms with E-state index in [1.54, 1.807) is 0 Å². The first-order valence-corrected chi connectivity index (χ1v) is 9.55. The predicted molar refractivity (Wildman–Crippen MR) is 101 cm³/mol. The van der Waals surface area contributed by atoms with Crippen LogP contribution in [0.5, 0.6) is 5.75 Å². The monoisotopic (exact) mass is 372 g/mol. The number of ether oxygens (including phenoxy) is 3. The van der Waals surface area contributed by atoms with E-state index in [0.717, 1.165) is 5.56 Å². The highest BCUT2D eigenvalue weighted by molar-refractivity contribution is 5.96. The average Bonchev–Trinajstić information content (AvgIpc) is 2.56. The molecule has 27 heavy (non-hydrogen) atoms. The van der Waals surface area contributed by atoms with Gasteiger partial charge in [-0.25, -0.2) is 0 Å². The molecule has 2 aliphatic rings. The number of Topliss-reactive ketones (excluding diaryl/α,β-unsaturated/α-hetero) is 1. The van der Waals surface area contributed by atoms with E-state index < -0.39 is 0 Å². The summed E-state index contributed by atoms with van der Waals surface area (Å²) in [5, 5.41) is 0. The molecule has 1 aliphatic carbocycles. The molecule has 0 N–H and O–H groups in total. The van der Waals surface area contributed by atoms with Crippen LogP contribution in [-0.2, 0) is 19.1 Å². The van der Waals surface area contributed by atoms with Gasteiger partial charge in [-0.1, -0.05) is 32.9 Å². The second kappa shape index (κ2) is 7.75. The van der Waals surface area contributed by atoms with Gasteiger partial charge < -0.3 is 14.2 Å². The molecular formula is C22H28O5. The fraction of sp³-hybridized carbons (Fsp3) is 0.545. The Balaban J connectivity index is 1.60. The lowest BCUT2D eigenvalue weighted by atomic mass is 9.80. The molecule has 1 saturated carbocycles. The minimum Gasteiger partial charge on any atom is -0.493 e. The molecule has 0 aromatic heterocycles. The Morgan fingerprint density at radius 2 is 2.04 bits per heavy atom. The van der Waals surface area contributed by atoms with Crippen molar-refractivity contribution < 1.29 is 23.8 Å². The molecule has 146 valence electrons. The van der Waals surface area contributed by atoms with Gasteiger partial charge in [-0.05, 0) is 42.9 Å². The third kappa shape index (κ3) is 5.12. The largest absolute Gasteiger partial charge is 0.493 e. The van der Waals surface area contributed by atoms with Gasteiger partial charge in [0, 0.05) is 6.42 Å². The third-order valence-corrected chi connectivity index (χ3v) is 4.86. The van der Waals surface area contributed by atoms with Gasteiger partial charge >= 0.3 is 5.97 Å². The van der Waals surface area contributed by atoms with E-state index in [2.05, 4.69) is 0 Å². The molecule has 0 saturated heterocycles. The second-order valence-corrected chi connectivity index (χ2v) is 8.71. The van der Waals surface area contributed by atoms with Crippen LogP contribution in [0.25, 0.3) is 0 Å². The summed E-state index contributed by atoms with van der Waals surface area (Å²) < 4.78 is 17.1. The molecular weight excluding hydrogens is 344 g/mol. The summed E-state index contributed by atoms with van der Waals surface area (Å²) in [6.07, 6.45) is 3.18. The topological polar surface area (TPSA) is 61.8 Å². The van der Waals surface area contributed by atoms with Gasteiger partial charge in [0.1, 0.15) is 24.2 Å². The van der Waals surface area contributed by atoms with Crippen LogP contribution in [0.3, 0.4) is 0 Å². The fourth-order valence-corrected chi connectivity index (χ4v) is 3.58. The quantitative estimate of drug-likeness (QED) is 0.736. The first-order valence-electron chi connectivity index (χ1n) is 9.55. The number of hydrogen-bond donors (Lipinski definition) is 0. The molecule has 3 unspecified atom stereocenters. The normalized spacial score (nSPS) is 25.1. The maximum atomic E-state index is 12.8. The summed E-state index contributed by atoms with van der Waals surface area (Å²) >= 11 is 0. The number of benzene rings is 1. The van der Waals surface area contributed by atoms with Crippen LogP contribution in [0, 0.1) is 18.3 Å². The summed E-state index contributed by atoms with van der Waals surface area (Å²) in [6.45, 7) is 8.00. The summed E-state index contributed by atoms with van der Waals surface area (Å²) in [5.74, 6) is 0.401. The summed E-state index contributed by atoms with van der Waals surface area (Å²) in [5.41, 5.74) is 0.962. The second-order valence-electron chi connectivity index (χ2n) is 8.71. The van der Waals surface area contributed by atoms with Crippen molar-refractivity contribution in [2.24, 2.45) is 11.3 Å². The lowest BCUT2D eigenvalue weighted by molar-refractivity contribution is -0.157. The zero-order valence-corrected chi connectivity index (χ0v) is 16.5. The number of allylic oxidation sites excluding steroid dienone is 1. The van der Waals surface area contributed by atoms with Gasteiger partial charge in [0.2, 0.25) is 11.5 Å². The van der Waals surface area contributed by atoms with Crippen LogP contribution < -0.4 is 4.74 Å². The smallest absolute Gasteiger partial charge is 0.306 e. The number of aryl methyl sites for hydroxylation is 1. The molecule has 0 radical (unpaired) electrons. The highest BCUT2D eigenvalue weighted by Gasteiger charge is 2.42. The molecule has 1 fully saturated rings. The van der Waals surface area contributed by atoms with Crippen molar-refractivity contribution in [1.82, 2.24) is 0 Å². The molecule has 1 heterocycles. The lowest BCUT2D eigenvalue weighted by Crippen LogP contribution is -2.43. The summed E-state index contributed by atoms with van der Waals surface area (Å²) in [7, 11) is 0. The van der Waals surface area contributed by atoms with Gasteiger partial charge in [0.05, 0.1) is 12.3 Å². The fourth-order valence-electron chi connectivity index (χ4n) is 3.58. The Morgan fingerprint density at radius 1 is 1.26 bits per heavy atom. The van der Waals surface area contributed by atoms with Gasteiger partial charge in [-0.15, -0.1) is 0 Å². The first kappa shape index (κ1) is 19.5. The minimum absolute atomic E-state index is 0.0350. The van der Waals surface area contributed by atoms with Crippen LogP contribution in [0.1, 0.15) is 52.0 Å². The van der Waals surface area contributed by atoms with Crippen LogP contribution >= 0.6 is 0 Å². The molecule has 1 aromatic carbocycles. The number of esters is 1. The van der Waals surface area contributed by atoms with Gasteiger partial charge in [-0.3, -0.25) is 9.59 Å². The first-order chi connectivity index (χ1) is 12.7. The maximum absolute atomic E-state index is 12.8. The molecule has 0 amide bonds. The van der Waals surface area contributed by atoms with Gasteiger partial charge in [-0.2, -0.15) is 0 Å². The van der Waals surface area contributed by atoms with E-state index in [1.807, 2.05) is 52.0 Å². The van der Waals surface area contributed by atoms with Crippen molar-refractivity contribution in [3.05, 3.63) is 41.9 Å². The average molecular weight is 372 g/mol. The van der Waals surface area contributed by atoms with Crippen molar-refractivity contribution in [2.45, 2.75) is 65.6 Å². The Bertz CT molecular complexity index is 743. The van der Waals surface area contributed by atoms with Crippen LogP contribution in [-0.4, -0.2) is 24.0 Å². The zero-order chi connectivity index (χ0) is 19.6. The Hall–Kier alpha value is -2.30.